The average Bonchev–Trinajstić information content (AvgIpc) is 2.29. The van der Waals surface area contributed by atoms with Gasteiger partial charge in [-0.05, 0) is 37.1 Å². The molecular weight excluding hydrogens is 236 g/mol. The van der Waals surface area contributed by atoms with Gasteiger partial charge in [0.25, 0.3) is 0 Å². The molecule has 1 unspecified atom stereocenters. The van der Waals surface area contributed by atoms with Gasteiger partial charge in [-0.2, -0.15) is 0 Å². The zero-order valence-electron chi connectivity index (χ0n) is 10.2. The van der Waals surface area contributed by atoms with E-state index in [2.05, 4.69) is 16.8 Å². The molecule has 1 aliphatic rings. The minimum Gasteiger partial charge on any atom is -0.396 e. The van der Waals surface area contributed by atoms with Crippen LogP contribution in [0.1, 0.15) is 25.3 Å². The third-order valence-corrected chi connectivity index (χ3v) is 3.65. The van der Waals surface area contributed by atoms with Gasteiger partial charge in [-0.1, -0.05) is 18.5 Å². The molecule has 17 heavy (non-hydrogen) atoms. The Bertz CT molecular complexity index is 385. The van der Waals surface area contributed by atoms with Crippen LogP contribution < -0.4 is 0 Å². The number of aliphatic hydroxyl groups is 1. The molecule has 1 aromatic rings. The normalized spacial score (nSPS) is 26.1. The predicted octanol–water partition coefficient (Wildman–Crippen LogP) is 2.33. The number of nitrogens with zero attached hydrogens (tertiary/aromatic N) is 2. The van der Waals surface area contributed by atoms with Crippen LogP contribution in [-0.4, -0.2) is 34.7 Å². The average molecular weight is 255 g/mol. The van der Waals surface area contributed by atoms with Crippen molar-refractivity contribution in [1.29, 1.82) is 0 Å². The van der Waals surface area contributed by atoms with Gasteiger partial charge in [-0.25, -0.2) is 4.98 Å². The van der Waals surface area contributed by atoms with Crippen molar-refractivity contribution in [2.75, 3.05) is 19.7 Å². The number of likely N-dealkylation sites (tertiary alicyclic amines) is 1. The molecule has 1 atom stereocenters. The molecule has 0 aromatic carbocycles. The van der Waals surface area contributed by atoms with Gasteiger partial charge < -0.3 is 5.11 Å². The van der Waals surface area contributed by atoms with Crippen molar-refractivity contribution in [1.82, 2.24) is 9.88 Å². The van der Waals surface area contributed by atoms with Crippen molar-refractivity contribution in [2.45, 2.75) is 26.3 Å². The van der Waals surface area contributed by atoms with E-state index in [9.17, 15) is 5.11 Å². The van der Waals surface area contributed by atoms with Crippen LogP contribution in [0.25, 0.3) is 0 Å². The van der Waals surface area contributed by atoms with Gasteiger partial charge in [0.2, 0.25) is 0 Å². The lowest BCUT2D eigenvalue weighted by atomic mass is 9.83. The molecule has 0 bridgehead atoms. The second kappa shape index (κ2) is 5.34. The zero-order chi connectivity index (χ0) is 12.3. The molecule has 0 spiro atoms. The SMILES string of the molecule is CC1(CO)CCCN(Cc2ccnc(Cl)c2)C1. The number of piperidine rings is 1. The van der Waals surface area contributed by atoms with Crippen LogP contribution in [0, 0.1) is 5.41 Å². The third-order valence-electron chi connectivity index (χ3n) is 3.44. The maximum absolute atomic E-state index is 9.42. The topological polar surface area (TPSA) is 36.4 Å². The quantitative estimate of drug-likeness (QED) is 0.842. The molecule has 0 saturated carbocycles. The fraction of sp³-hybridized carbons (Fsp3) is 0.615. The van der Waals surface area contributed by atoms with Crippen LogP contribution >= 0.6 is 11.6 Å². The molecule has 4 heteroatoms. The number of aromatic nitrogens is 1. The van der Waals surface area contributed by atoms with Crippen molar-refractivity contribution in [3.05, 3.63) is 29.0 Å². The minimum absolute atomic E-state index is 0.0507. The number of rotatable bonds is 3. The van der Waals surface area contributed by atoms with E-state index in [0.29, 0.717) is 5.15 Å². The van der Waals surface area contributed by atoms with E-state index >= 15 is 0 Å². The molecule has 2 rings (SSSR count). The Labute approximate surface area is 107 Å². The molecule has 0 amide bonds. The summed E-state index contributed by atoms with van der Waals surface area (Å²) in [4.78, 5) is 6.36. The van der Waals surface area contributed by atoms with Crippen LogP contribution in [0.2, 0.25) is 5.15 Å². The molecule has 0 radical (unpaired) electrons. The number of halogens is 1. The molecule has 94 valence electrons. The van der Waals surface area contributed by atoms with Crippen molar-refractivity contribution >= 4 is 11.6 Å². The van der Waals surface area contributed by atoms with E-state index in [4.69, 9.17) is 11.6 Å². The van der Waals surface area contributed by atoms with Crippen LogP contribution in [0.5, 0.6) is 0 Å². The van der Waals surface area contributed by atoms with E-state index in [-0.39, 0.29) is 12.0 Å². The number of hydrogen-bond donors (Lipinski definition) is 1. The van der Waals surface area contributed by atoms with Crippen molar-refractivity contribution in [3.8, 4) is 0 Å². The second-order valence-electron chi connectivity index (χ2n) is 5.27. The Kier molecular flexibility index (Phi) is 4.02. The summed E-state index contributed by atoms with van der Waals surface area (Å²) >= 11 is 5.88. The molecule has 1 N–H and O–H groups in total. The Morgan fingerprint density at radius 1 is 1.59 bits per heavy atom. The predicted molar refractivity (Wildman–Crippen MR) is 69.0 cm³/mol. The summed E-state index contributed by atoms with van der Waals surface area (Å²) in [5, 5.41) is 9.97. The number of hydrogen-bond acceptors (Lipinski definition) is 3. The molecule has 2 heterocycles. The highest BCUT2D eigenvalue weighted by Crippen LogP contribution is 2.29. The van der Waals surface area contributed by atoms with Crippen LogP contribution in [0.3, 0.4) is 0 Å². The monoisotopic (exact) mass is 254 g/mol. The second-order valence-corrected chi connectivity index (χ2v) is 5.66. The standard InChI is InChI=1S/C13H19ClN2O/c1-13(10-17)4-2-6-16(9-13)8-11-3-5-15-12(14)7-11/h3,5,7,17H,2,4,6,8-10H2,1H3. The van der Waals surface area contributed by atoms with Gasteiger partial charge in [0.05, 0.1) is 0 Å². The van der Waals surface area contributed by atoms with Gasteiger partial charge in [-0.3, -0.25) is 4.90 Å². The molecule has 1 fully saturated rings. The molecule has 0 aliphatic carbocycles. The summed E-state index contributed by atoms with van der Waals surface area (Å²) in [5.41, 5.74) is 1.24. The molecule has 1 aliphatic heterocycles. The van der Waals surface area contributed by atoms with Crippen molar-refractivity contribution in [2.24, 2.45) is 5.41 Å². The van der Waals surface area contributed by atoms with Gasteiger partial charge in [-0.15, -0.1) is 0 Å². The fourth-order valence-corrected chi connectivity index (χ4v) is 2.69. The maximum atomic E-state index is 9.42. The van der Waals surface area contributed by atoms with E-state index < -0.39 is 0 Å². The summed E-state index contributed by atoms with van der Waals surface area (Å²) in [5.74, 6) is 0. The highest BCUT2D eigenvalue weighted by Gasteiger charge is 2.30. The first-order valence-corrected chi connectivity index (χ1v) is 6.43. The third kappa shape index (κ3) is 3.41. The number of pyridine rings is 1. The lowest BCUT2D eigenvalue weighted by molar-refractivity contribution is 0.0429. The van der Waals surface area contributed by atoms with Crippen LogP contribution in [0.15, 0.2) is 18.3 Å². The lowest BCUT2D eigenvalue weighted by Crippen LogP contribution is -2.43. The fourth-order valence-electron chi connectivity index (χ4n) is 2.49. The van der Waals surface area contributed by atoms with Gasteiger partial charge >= 0.3 is 0 Å². The number of aliphatic hydroxyl groups excluding tert-OH is 1. The Morgan fingerprint density at radius 2 is 2.41 bits per heavy atom. The minimum atomic E-state index is 0.0507. The summed E-state index contributed by atoms with van der Waals surface area (Å²) in [6, 6.07) is 3.91. The molecule has 1 aromatic heterocycles. The zero-order valence-corrected chi connectivity index (χ0v) is 11.0. The van der Waals surface area contributed by atoms with Gasteiger partial charge in [0.1, 0.15) is 5.15 Å². The highest BCUT2D eigenvalue weighted by atomic mass is 35.5. The van der Waals surface area contributed by atoms with Crippen LogP contribution in [0.4, 0.5) is 0 Å². The van der Waals surface area contributed by atoms with Crippen molar-refractivity contribution in [3.63, 3.8) is 0 Å². The van der Waals surface area contributed by atoms with E-state index in [1.54, 1.807) is 6.20 Å². The molecular formula is C13H19ClN2O. The summed E-state index contributed by atoms with van der Waals surface area (Å²) in [6.45, 7) is 5.34. The summed E-state index contributed by atoms with van der Waals surface area (Å²) in [6.07, 6.45) is 4.00. The van der Waals surface area contributed by atoms with Crippen molar-refractivity contribution < 1.29 is 5.11 Å². The smallest absolute Gasteiger partial charge is 0.129 e. The Morgan fingerprint density at radius 3 is 3.12 bits per heavy atom. The highest BCUT2D eigenvalue weighted by molar-refractivity contribution is 6.29. The summed E-state index contributed by atoms with van der Waals surface area (Å²) < 4.78 is 0. The maximum Gasteiger partial charge on any atom is 0.129 e. The van der Waals surface area contributed by atoms with Gasteiger partial charge in [0, 0.05) is 31.3 Å². The summed E-state index contributed by atoms with van der Waals surface area (Å²) in [7, 11) is 0. The lowest BCUT2D eigenvalue weighted by Gasteiger charge is -2.39. The van der Waals surface area contributed by atoms with Gasteiger partial charge in [0.15, 0.2) is 0 Å². The van der Waals surface area contributed by atoms with E-state index in [0.717, 1.165) is 32.5 Å². The molecule has 3 nitrogen and oxygen atoms in total. The molecule has 1 saturated heterocycles. The van der Waals surface area contributed by atoms with E-state index in [1.807, 2.05) is 12.1 Å². The van der Waals surface area contributed by atoms with Crippen LogP contribution in [-0.2, 0) is 6.54 Å². The first-order chi connectivity index (χ1) is 8.11. The Hall–Kier alpha value is -0.640. The first kappa shape index (κ1) is 12.8. The Balaban J connectivity index is 1.99. The largest absolute Gasteiger partial charge is 0.396 e. The first-order valence-electron chi connectivity index (χ1n) is 6.05. The van der Waals surface area contributed by atoms with E-state index in [1.165, 1.54) is 5.56 Å².